The highest BCUT2D eigenvalue weighted by molar-refractivity contribution is 5.67. The predicted molar refractivity (Wildman–Crippen MR) is 59.4 cm³/mol. The molecule has 5 nitrogen and oxygen atoms in total. The summed E-state index contributed by atoms with van der Waals surface area (Å²) in [5.41, 5.74) is -0.549. The van der Waals surface area contributed by atoms with E-state index in [-0.39, 0.29) is 5.60 Å². The zero-order valence-electron chi connectivity index (χ0n) is 10.5. The molecular formula is C11H21NO4. The Morgan fingerprint density at radius 3 is 2.62 bits per heavy atom. The van der Waals surface area contributed by atoms with Crippen molar-refractivity contribution in [3.63, 3.8) is 0 Å². The third kappa shape index (κ3) is 5.92. The lowest BCUT2D eigenvalue weighted by Gasteiger charge is -2.19. The van der Waals surface area contributed by atoms with Crippen LogP contribution < -0.4 is 5.32 Å². The van der Waals surface area contributed by atoms with Crippen molar-refractivity contribution in [3.8, 4) is 0 Å². The van der Waals surface area contributed by atoms with Crippen LogP contribution in [-0.2, 0) is 14.2 Å². The van der Waals surface area contributed by atoms with Crippen LogP contribution in [0.4, 0.5) is 4.79 Å². The van der Waals surface area contributed by atoms with Gasteiger partial charge in [-0.05, 0) is 27.7 Å². The summed E-state index contributed by atoms with van der Waals surface area (Å²) >= 11 is 0. The maximum absolute atomic E-state index is 11.2. The number of rotatable bonds is 5. The molecule has 5 heteroatoms. The van der Waals surface area contributed by atoms with Crippen molar-refractivity contribution in [3.05, 3.63) is 0 Å². The van der Waals surface area contributed by atoms with Crippen LogP contribution in [0.1, 0.15) is 27.7 Å². The highest BCUT2D eigenvalue weighted by Gasteiger charge is 2.39. The summed E-state index contributed by atoms with van der Waals surface area (Å²) in [7, 11) is 0. The summed E-state index contributed by atoms with van der Waals surface area (Å²) in [5, 5.41) is 2.62. The minimum atomic E-state index is -0.458. The molecule has 1 aliphatic heterocycles. The molecule has 0 bridgehead atoms. The van der Waals surface area contributed by atoms with Crippen LogP contribution in [0.25, 0.3) is 0 Å². The lowest BCUT2D eigenvalue weighted by Crippen LogP contribution is -2.34. The predicted octanol–water partition coefficient (Wildman–Crippen LogP) is 1.32. The molecular weight excluding hydrogens is 210 g/mol. The van der Waals surface area contributed by atoms with Gasteiger partial charge in [-0.2, -0.15) is 0 Å². The van der Waals surface area contributed by atoms with Crippen molar-refractivity contribution in [2.24, 2.45) is 0 Å². The standard InChI is InChI=1S/C11H21NO4/c1-10(2,3)16-9(13)12-5-6-14-7-11(4)8-15-11/h5-8H2,1-4H3,(H,12,13). The van der Waals surface area contributed by atoms with Crippen LogP contribution >= 0.6 is 0 Å². The van der Waals surface area contributed by atoms with E-state index in [4.69, 9.17) is 14.2 Å². The Balaban J connectivity index is 1.96. The first-order valence-electron chi connectivity index (χ1n) is 5.49. The van der Waals surface area contributed by atoms with Crippen LogP contribution in [0.15, 0.2) is 0 Å². The molecule has 0 aromatic rings. The maximum Gasteiger partial charge on any atom is 0.407 e. The van der Waals surface area contributed by atoms with Gasteiger partial charge in [0.1, 0.15) is 11.2 Å². The minimum Gasteiger partial charge on any atom is -0.444 e. The summed E-state index contributed by atoms with van der Waals surface area (Å²) in [4.78, 5) is 11.2. The third-order valence-corrected chi connectivity index (χ3v) is 1.96. The van der Waals surface area contributed by atoms with Gasteiger partial charge in [-0.25, -0.2) is 4.79 Å². The van der Waals surface area contributed by atoms with E-state index in [0.717, 1.165) is 6.61 Å². The second-order valence-electron chi connectivity index (χ2n) is 5.22. The van der Waals surface area contributed by atoms with Crippen molar-refractivity contribution in [1.29, 1.82) is 0 Å². The molecule has 0 aromatic heterocycles. The summed E-state index contributed by atoms with van der Waals surface area (Å²) in [6, 6.07) is 0. The molecule has 1 rings (SSSR count). The molecule has 0 aromatic carbocycles. The summed E-state index contributed by atoms with van der Waals surface area (Å²) < 4.78 is 15.6. The lowest BCUT2D eigenvalue weighted by atomic mass is 10.2. The fraction of sp³-hybridized carbons (Fsp3) is 0.909. The molecule has 0 spiro atoms. The fourth-order valence-corrected chi connectivity index (χ4v) is 1.03. The van der Waals surface area contributed by atoms with Crippen molar-refractivity contribution >= 4 is 6.09 Å². The first-order valence-corrected chi connectivity index (χ1v) is 5.49. The van der Waals surface area contributed by atoms with Crippen LogP contribution in [0, 0.1) is 0 Å². The summed E-state index contributed by atoms with van der Waals surface area (Å²) in [6.45, 7) is 9.73. The van der Waals surface area contributed by atoms with E-state index >= 15 is 0 Å². The van der Waals surface area contributed by atoms with E-state index in [9.17, 15) is 4.79 Å². The minimum absolute atomic E-state index is 0.0914. The summed E-state index contributed by atoms with van der Waals surface area (Å²) in [6.07, 6.45) is -0.412. The number of hydrogen-bond acceptors (Lipinski definition) is 4. The highest BCUT2D eigenvalue weighted by Crippen LogP contribution is 2.25. The Bertz CT molecular complexity index is 243. The number of nitrogens with one attached hydrogen (secondary N) is 1. The second-order valence-corrected chi connectivity index (χ2v) is 5.22. The van der Waals surface area contributed by atoms with E-state index < -0.39 is 11.7 Å². The van der Waals surface area contributed by atoms with Gasteiger partial charge < -0.3 is 19.5 Å². The third-order valence-electron chi connectivity index (χ3n) is 1.96. The Labute approximate surface area is 96.4 Å². The maximum atomic E-state index is 11.2. The molecule has 94 valence electrons. The zero-order chi connectivity index (χ0) is 12.2. The van der Waals surface area contributed by atoms with Gasteiger partial charge >= 0.3 is 6.09 Å². The van der Waals surface area contributed by atoms with Crippen molar-refractivity contribution in [2.45, 2.75) is 38.9 Å². The number of amides is 1. The van der Waals surface area contributed by atoms with Gasteiger partial charge in [-0.3, -0.25) is 0 Å². The van der Waals surface area contributed by atoms with Gasteiger partial charge in [0, 0.05) is 6.54 Å². The van der Waals surface area contributed by atoms with Gasteiger partial charge in [-0.1, -0.05) is 0 Å². The van der Waals surface area contributed by atoms with E-state index in [1.54, 1.807) is 0 Å². The van der Waals surface area contributed by atoms with Crippen LogP contribution in [0.2, 0.25) is 0 Å². The van der Waals surface area contributed by atoms with Gasteiger partial charge in [0.2, 0.25) is 0 Å². The van der Waals surface area contributed by atoms with E-state index in [2.05, 4.69) is 5.32 Å². The topological polar surface area (TPSA) is 60.1 Å². The monoisotopic (exact) mass is 231 g/mol. The number of alkyl carbamates (subject to hydrolysis) is 1. The largest absolute Gasteiger partial charge is 0.444 e. The molecule has 1 unspecified atom stereocenters. The van der Waals surface area contributed by atoms with Crippen LogP contribution in [-0.4, -0.2) is 43.7 Å². The van der Waals surface area contributed by atoms with Gasteiger partial charge in [-0.15, -0.1) is 0 Å². The molecule has 1 aliphatic rings. The summed E-state index contributed by atoms with van der Waals surface area (Å²) in [5.74, 6) is 0. The molecule has 1 fully saturated rings. The Kier molecular flexibility index (Phi) is 4.15. The average molecular weight is 231 g/mol. The van der Waals surface area contributed by atoms with E-state index in [0.29, 0.717) is 19.8 Å². The first-order chi connectivity index (χ1) is 7.31. The van der Waals surface area contributed by atoms with Gasteiger partial charge in [0.25, 0.3) is 0 Å². The Morgan fingerprint density at radius 1 is 1.50 bits per heavy atom. The quantitative estimate of drug-likeness (QED) is 0.572. The smallest absolute Gasteiger partial charge is 0.407 e. The van der Waals surface area contributed by atoms with Gasteiger partial charge in [0.05, 0.1) is 19.8 Å². The fourth-order valence-electron chi connectivity index (χ4n) is 1.03. The first kappa shape index (κ1) is 13.3. The van der Waals surface area contributed by atoms with E-state index in [1.807, 2.05) is 27.7 Å². The molecule has 0 saturated carbocycles. The number of hydrogen-bond donors (Lipinski definition) is 1. The molecule has 0 radical (unpaired) electrons. The molecule has 1 atom stereocenters. The van der Waals surface area contributed by atoms with Crippen LogP contribution in [0.5, 0.6) is 0 Å². The van der Waals surface area contributed by atoms with Crippen molar-refractivity contribution < 1.29 is 19.0 Å². The SMILES string of the molecule is CC(C)(C)OC(=O)NCCOCC1(C)CO1. The normalized spacial score (nSPS) is 24.0. The highest BCUT2D eigenvalue weighted by atomic mass is 16.6. The number of epoxide rings is 1. The second kappa shape index (κ2) is 5.01. The molecule has 1 N–H and O–H groups in total. The van der Waals surface area contributed by atoms with Crippen molar-refractivity contribution in [1.82, 2.24) is 5.32 Å². The molecule has 1 saturated heterocycles. The number of carbonyl (C=O) groups excluding carboxylic acids is 1. The van der Waals surface area contributed by atoms with Gasteiger partial charge in [0.15, 0.2) is 0 Å². The lowest BCUT2D eigenvalue weighted by molar-refractivity contribution is 0.0477. The molecule has 16 heavy (non-hydrogen) atoms. The number of carbonyl (C=O) groups is 1. The molecule has 1 amide bonds. The Hall–Kier alpha value is -0.810. The van der Waals surface area contributed by atoms with E-state index in [1.165, 1.54) is 0 Å². The average Bonchev–Trinajstić information content (AvgIpc) is 2.80. The molecule has 1 heterocycles. The zero-order valence-corrected chi connectivity index (χ0v) is 10.5. The van der Waals surface area contributed by atoms with Crippen LogP contribution in [0.3, 0.4) is 0 Å². The number of ether oxygens (including phenoxy) is 3. The Morgan fingerprint density at radius 2 is 2.12 bits per heavy atom. The molecule has 0 aliphatic carbocycles. The van der Waals surface area contributed by atoms with Crippen molar-refractivity contribution in [2.75, 3.05) is 26.4 Å².